The van der Waals surface area contributed by atoms with Gasteiger partial charge in [0.1, 0.15) is 34.6 Å². The van der Waals surface area contributed by atoms with E-state index in [1.165, 1.54) is 0 Å². The molecule has 0 saturated heterocycles. The SMILES string of the molecule is CCC(O)(CC)C(=O)N[C@H]1Cc2ccc3c(c2)C2(c4ccccc4N[C@H]2O3)c2oc(nc2-c2ncc(C)o2)[C@H](C(C)C)NC1=O. The minimum Gasteiger partial charge on any atom is -0.469 e. The normalized spacial score (nSPS) is 23.3. The summed E-state index contributed by atoms with van der Waals surface area (Å²) in [7, 11) is 0. The number of ether oxygens (including phenoxy) is 1. The molecule has 7 rings (SSSR count). The van der Waals surface area contributed by atoms with Crippen molar-refractivity contribution in [2.24, 2.45) is 5.92 Å². The molecule has 4 N–H and O–H groups in total. The first-order valence-corrected chi connectivity index (χ1v) is 15.5. The summed E-state index contributed by atoms with van der Waals surface area (Å²) in [6.45, 7) is 9.23. The number of anilines is 1. The molecular formula is C34H37N5O6. The minimum atomic E-state index is -1.59. The Morgan fingerprint density at radius 2 is 1.91 bits per heavy atom. The standard InChI is InChI=1S/C34H37N5O6/c1-6-33(42,7-2)31(41)36-23-15-19-12-13-24-21(14-19)34(20-10-8-9-11-22(20)37-32(34)44-24)27-26(29-35-16-18(5)43-29)39-30(45-27)25(17(3)4)38-28(23)40/h8-14,16-17,23,25,32,37,42H,6-7,15H2,1-5H3,(H,36,41)(H,38,40)/t23-,25-,32-,34?/m0/s1. The number of carbonyl (C=O) groups excluding carboxylic acids is 2. The van der Waals surface area contributed by atoms with Gasteiger partial charge in [-0.2, -0.15) is 0 Å². The summed E-state index contributed by atoms with van der Waals surface area (Å²) in [5, 5.41) is 20.5. The number of hydrogen-bond donors (Lipinski definition) is 4. The highest BCUT2D eigenvalue weighted by Gasteiger charge is 2.61. The maximum atomic E-state index is 14.0. The summed E-state index contributed by atoms with van der Waals surface area (Å²) in [6.07, 6.45) is 1.69. The highest BCUT2D eigenvalue weighted by molar-refractivity contribution is 5.91. The van der Waals surface area contributed by atoms with E-state index in [1.54, 1.807) is 20.0 Å². The highest BCUT2D eigenvalue weighted by atomic mass is 16.5. The molecule has 4 aromatic rings. The number of aromatic nitrogens is 2. The van der Waals surface area contributed by atoms with Gasteiger partial charge in [0.2, 0.25) is 17.7 Å². The monoisotopic (exact) mass is 611 g/mol. The van der Waals surface area contributed by atoms with Gasteiger partial charge in [0.25, 0.3) is 5.91 Å². The van der Waals surface area contributed by atoms with Crippen LogP contribution < -0.4 is 20.7 Å². The molecule has 2 aromatic carbocycles. The Labute approximate surface area is 260 Å². The number of rotatable bonds is 6. The lowest BCUT2D eigenvalue weighted by Gasteiger charge is -2.30. The van der Waals surface area contributed by atoms with E-state index < -0.39 is 41.1 Å². The number of aryl methyl sites for hydroxylation is 1. The van der Waals surface area contributed by atoms with Crippen LogP contribution in [-0.2, 0) is 21.4 Å². The molecule has 3 aliphatic rings. The number of para-hydroxylation sites is 1. The van der Waals surface area contributed by atoms with Crippen molar-refractivity contribution in [3.8, 4) is 17.3 Å². The predicted molar refractivity (Wildman–Crippen MR) is 164 cm³/mol. The Morgan fingerprint density at radius 1 is 1.13 bits per heavy atom. The average Bonchev–Trinajstić information content (AvgIpc) is 3.79. The third-order valence-electron chi connectivity index (χ3n) is 9.46. The number of oxazole rings is 2. The number of fused-ring (bicyclic) bond motifs is 4. The molecule has 0 fully saturated rings. The van der Waals surface area contributed by atoms with Gasteiger partial charge >= 0.3 is 0 Å². The maximum Gasteiger partial charge on any atom is 0.252 e. The minimum absolute atomic E-state index is 0.141. The van der Waals surface area contributed by atoms with Crippen LogP contribution in [0, 0.1) is 12.8 Å². The van der Waals surface area contributed by atoms with E-state index >= 15 is 0 Å². The van der Waals surface area contributed by atoms with Crippen molar-refractivity contribution in [3.05, 3.63) is 82.8 Å². The smallest absolute Gasteiger partial charge is 0.252 e. The van der Waals surface area contributed by atoms with E-state index in [9.17, 15) is 14.7 Å². The molecule has 4 bridgehead atoms. The summed E-state index contributed by atoms with van der Waals surface area (Å²) in [5.74, 6) is 1.22. The number of benzene rings is 2. The molecule has 45 heavy (non-hydrogen) atoms. The van der Waals surface area contributed by atoms with Gasteiger partial charge in [0.15, 0.2) is 17.7 Å². The van der Waals surface area contributed by atoms with Gasteiger partial charge in [0.05, 0.1) is 6.20 Å². The zero-order chi connectivity index (χ0) is 31.7. The lowest BCUT2D eigenvalue weighted by Crippen LogP contribution is -2.55. The van der Waals surface area contributed by atoms with Crippen LogP contribution in [0.5, 0.6) is 5.75 Å². The molecule has 11 nitrogen and oxygen atoms in total. The van der Waals surface area contributed by atoms with E-state index in [0.29, 0.717) is 28.9 Å². The number of hydrogen-bond acceptors (Lipinski definition) is 9. The van der Waals surface area contributed by atoms with Crippen molar-refractivity contribution < 1.29 is 28.3 Å². The number of amides is 2. The molecule has 0 aliphatic carbocycles. The second-order valence-corrected chi connectivity index (χ2v) is 12.5. The van der Waals surface area contributed by atoms with E-state index in [4.69, 9.17) is 18.6 Å². The zero-order valence-corrected chi connectivity index (χ0v) is 25.9. The van der Waals surface area contributed by atoms with Crippen LogP contribution in [0.25, 0.3) is 11.6 Å². The van der Waals surface area contributed by atoms with Gasteiger partial charge < -0.3 is 34.6 Å². The Kier molecular flexibility index (Phi) is 6.77. The average molecular weight is 612 g/mol. The molecule has 234 valence electrons. The Bertz CT molecular complexity index is 1810. The molecule has 5 heterocycles. The number of aliphatic hydroxyl groups is 1. The van der Waals surface area contributed by atoms with E-state index in [2.05, 4.69) is 20.9 Å². The van der Waals surface area contributed by atoms with Crippen LogP contribution in [0.15, 0.2) is 57.5 Å². The fraction of sp³-hybridized carbons (Fsp3) is 0.412. The number of nitrogens with zero attached hydrogens (tertiary/aromatic N) is 2. The number of nitrogens with one attached hydrogen (secondary N) is 3. The van der Waals surface area contributed by atoms with Crippen molar-refractivity contribution in [3.63, 3.8) is 0 Å². The molecule has 0 radical (unpaired) electrons. The van der Waals surface area contributed by atoms with E-state index in [1.807, 2.05) is 63.2 Å². The van der Waals surface area contributed by atoms with Gasteiger partial charge in [-0.1, -0.05) is 58.0 Å². The van der Waals surface area contributed by atoms with Gasteiger partial charge in [-0.25, -0.2) is 9.97 Å². The zero-order valence-electron chi connectivity index (χ0n) is 25.9. The van der Waals surface area contributed by atoms with Crippen LogP contribution in [-0.4, -0.2) is 44.8 Å². The van der Waals surface area contributed by atoms with Crippen LogP contribution in [0.4, 0.5) is 5.69 Å². The van der Waals surface area contributed by atoms with Gasteiger partial charge in [-0.15, -0.1) is 0 Å². The van der Waals surface area contributed by atoms with E-state index in [0.717, 1.165) is 22.4 Å². The number of carbonyl (C=O) groups is 2. The molecule has 2 aromatic heterocycles. The summed E-state index contributed by atoms with van der Waals surface area (Å²) in [5.41, 5.74) is 1.33. The first-order chi connectivity index (χ1) is 21.6. The Morgan fingerprint density at radius 3 is 2.62 bits per heavy atom. The topological polar surface area (TPSA) is 152 Å². The van der Waals surface area contributed by atoms with Crippen molar-refractivity contribution >= 4 is 17.5 Å². The molecule has 11 heteroatoms. The van der Waals surface area contributed by atoms with Crippen LogP contribution in [0.1, 0.15) is 80.7 Å². The lowest BCUT2D eigenvalue weighted by atomic mass is 9.72. The first kappa shape index (κ1) is 29.1. The predicted octanol–water partition coefficient (Wildman–Crippen LogP) is 4.52. The van der Waals surface area contributed by atoms with Gasteiger partial charge in [-0.3, -0.25) is 9.59 Å². The fourth-order valence-corrected chi connectivity index (χ4v) is 6.78. The van der Waals surface area contributed by atoms with Crippen LogP contribution in [0.3, 0.4) is 0 Å². The second kappa shape index (κ2) is 10.5. The van der Waals surface area contributed by atoms with E-state index in [-0.39, 0.29) is 31.1 Å². The fourth-order valence-electron chi connectivity index (χ4n) is 6.78. The van der Waals surface area contributed by atoms with Crippen molar-refractivity contribution in [2.75, 3.05) is 5.32 Å². The van der Waals surface area contributed by atoms with Crippen molar-refractivity contribution in [1.29, 1.82) is 0 Å². The third-order valence-corrected chi connectivity index (χ3v) is 9.46. The molecular weight excluding hydrogens is 574 g/mol. The lowest BCUT2D eigenvalue weighted by molar-refractivity contribution is -0.143. The summed E-state index contributed by atoms with van der Waals surface area (Å²) in [4.78, 5) is 36.8. The Balaban J connectivity index is 1.47. The molecule has 2 amide bonds. The quantitative estimate of drug-likeness (QED) is 0.247. The molecule has 1 unspecified atom stereocenters. The highest BCUT2D eigenvalue weighted by Crippen LogP contribution is 2.59. The summed E-state index contributed by atoms with van der Waals surface area (Å²) >= 11 is 0. The maximum absolute atomic E-state index is 14.0. The van der Waals surface area contributed by atoms with Crippen molar-refractivity contribution in [2.45, 2.75) is 83.2 Å². The molecule has 3 aliphatic heterocycles. The van der Waals surface area contributed by atoms with Gasteiger partial charge in [0, 0.05) is 17.7 Å². The molecule has 1 spiro atoms. The van der Waals surface area contributed by atoms with Crippen LogP contribution >= 0.6 is 0 Å². The van der Waals surface area contributed by atoms with Crippen LogP contribution in [0.2, 0.25) is 0 Å². The largest absolute Gasteiger partial charge is 0.469 e. The molecule has 0 saturated carbocycles. The second-order valence-electron chi connectivity index (χ2n) is 12.5. The summed E-state index contributed by atoms with van der Waals surface area (Å²) in [6, 6.07) is 12.1. The molecule has 4 atom stereocenters. The summed E-state index contributed by atoms with van der Waals surface area (Å²) < 4.78 is 19.4. The first-order valence-electron chi connectivity index (χ1n) is 15.5. The van der Waals surface area contributed by atoms with Crippen molar-refractivity contribution in [1.82, 2.24) is 20.6 Å². The Hall–Kier alpha value is -4.64. The van der Waals surface area contributed by atoms with Gasteiger partial charge in [-0.05, 0) is 48.9 Å². The third kappa shape index (κ3) is 4.35.